The van der Waals surface area contributed by atoms with Crippen LogP contribution in [0.5, 0.6) is 5.88 Å². The molecule has 1 aromatic heterocycles. The van der Waals surface area contributed by atoms with Gasteiger partial charge < -0.3 is 19.9 Å². The van der Waals surface area contributed by atoms with Crippen LogP contribution in [0.25, 0.3) is 10.9 Å². The lowest BCUT2D eigenvalue weighted by Gasteiger charge is -2.37. The van der Waals surface area contributed by atoms with Crippen LogP contribution in [0.1, 0.15) is 5.56 Å². The maximum Gasteiger partial charge on any atom is 0.258 e. The van der Waals surface area contributed by atoms with E-state index in [0.29, 0.717) is 12.4 Å². The highest BCUT2D eigenvalue weighted by molar-refractivity contribution is 5.84. The van der Waals surface area contributed by atoms with E-state index >= 15 is 0 Å². The van der Waals surface area contributed by atoms with Gasteiger partial charge in [0.15, 0.2) is 6.61 Å². The van der Waals surface area contributed by atoms with Crippen LogP contribution in [0, 0.1) is 0 Å². The Kier molecular flexibility index (Phi) is 6.52. The fraction of sp³-hybridized carbons (Fsp3) is 0.222. The van der Waals surface area contributed by atoms with E-state index < -0.39 is 0 Å². The molecular formula is C27H27N5O2. The Morgan fingerprint density at radius 3 is 2.18 bits per heavy atom. The number of fused-ring (bicyclic) bond motifs is 1. The molecule has 1 N–H and O–H groups in total. The first kappa shape index (κ1) is 21.7. The quantitative estimate of drug-likeness (QED) is 0.461. The zero-order valence-corrected chi connectivity index (χ0v) is 18.9. The molecule has 1 saturated heterocycles. The lowest BCUT2D eigenvalue weighted by molar-refractivity contribution is -0.123. The van der Waals surface area contributed by atoms with Crippen LogP contribution in [0.2, 0.25) is 0 Å². The van der Waals surface area contributed by atoms with Gasteiger partial charge in [-0.05, 0) is 42.0 Å². The third kappa shape index (κ3) is 5.09. The van der Waals surface area contributed by atoms with Crippen molar-refractivity contribution in [2.75, 3.05) is 42.6 Å². The van der Waals surface area contributed by atoms with Crippen LogP contribution in [-0.4, -0.2) is 48.7 Å². The topological polar surface area (TPSA) is 70.6 Å². The van der Waals surface area contributed by atoms with Crippen LogP contribution >= 0.6 is 0 Å². The van der Waals surface area contributed by atoms with Gasteiger partial charge in [-0.15, -0.1) is 0 Å². The fourth-order valence-electron chi connectivity index (χ4n) is 4.17. The van der Waals surface area contributed by atoms with Crippen molar-refractivity contribution in [1.82, 2.24) is 15.3 Å². The number of nitrogens with zero attached hydrogens (tertiary/aromatic N) is 4. The number of amides is 1. The summed E-state index contributed by atoms with van der Waals surface area (Å²) in [5.41, 5.74) is 4.33. The first-order valence-corrected chi connectivity index (χ1v) is 11.5. The van der Waals surface area contributed by atoms with E-state index in [1.807, 2.05) is 24.3 Å². The number of hydrogen-bond acceptors (Lipinski definition) is 6. The second kappa shape index (κ2) is 10.2. The van der Waals surface area contributed by atoms with Crippen LogP contribution in [0.15, 0.2) is 85.2 Å². The zero-order chi connectivity index (χ0) is 23.2. The standard InChI is InChI=1S/C27H27N5O2/c33-26(19-34-27-24-8-4-5-9-25(24)29-20-30-27)28-18-21-10-12-23(13-11-21)32-16-14-31(15-17-32)22-6-2-1-3-7-22/h1-13,20H,14-19H2,(H,28,33). The molecule has 4 aromatic rings. The molecule has 0 spiro atoms. The molecule has 5 rings (SSSR count). The van der Waals surface area contributed by atoms with Gasteiger partial charge in [0.1, 0.15) is 6.33 Å². The van der Waals surface area contributed by atoms with Crippen LogP contribution in [0.3, 0.4) is 0 Å². The van der Waals surface area contributed by atoms with Gasteiger partial charge in [0.05, 0.1) is 10.9 Å². The fourth-order valence-corrected chi connectivity index (χ4v) is 4.17. The lowest BCUT2D eigenvalue weighted by atomic mass is 10.1. The average molecular weight is 454 g/mol. The molecule has 172 valence electrons. The molecule has 34 heavy (non-hydrogen) atoms. The largest absolute Gasteiger partial charge is 0.467 e. The number of carbonyl (C=O) groups excluding carboxylic acids is 1. The summed E-state index contributed by atoms with van der Waals surface area (Å²) in [5.74, 6) is 0.223. The normalized spacial score (nSPS) is 13.6. The monoisotopic (exact) mass is 453 g/mol. The van der Waals surface area contributed by atoms with Gasteiger partial charge in [0, 0.05) is 44.1 Å². The van der Waals surface area contributed by atoms with Gasteiger partial charge in [-0.25, -0.2) is 9.97 Å². The minimum atomic E-state index is -0.191. The highest BCUT2D eigenvalue weighted by Crippen LogP contribution is 2.22. The predicted molar refractivity (Wildman–Crippen MR) is 134 cm³/mol. The molecule has 2 heterocycles. The summed E-state index contributed by atoms with van der Waals surface area (Å²) in [4.78, 5) is 25.5. The molecule has 7 heteroatoms. The van der Waals surface area contributed by atoms with Crippen molar-refractivity contribution in [2.24, 2.45) is 0 Å². The highest BCUT2D eigenvalue weighted by Gasteiger charge is 2.17. The second-order valence-corrected chi connectivity index (χ2v) is 8.24. The molecule has 0 unspecified atom stereocenters. The van der Waals surface area contributed by atoms with Gasteiger partial charge in [-0.3, -0.25) is 4.79 Å². The van der Waals surface area contributed by atoms with E-state index in [1.54, 1.807) is 0 Å². The minimum Gasteiger partial charge on any atom is -0.467 e. The predicted octanol–water partition coefficient (Wildman–Crippen LogP) is 3.65. The number of para-hydroxylation sites is 2. The highest BCUT2D eigenvalue weighted by atomic mass is 16.5. The molecule has 1 fully saturated rings. The lowest BCUT2D eigenvalue weighted by Crippen LogP contribution is -2.46. The van der Waals surface area contributed by atoms with Crippen molar-refractivity contribution in [3.8, 4) is 5.88 Å². The van der Waals surface area contributed by atoms with E-state index in [2.05, 4.69) is 79.7 Å². The number of anilines is 2. The average Bonchev–Trinajstić information content (AvgIpc) is 2.91. The Balaban J connectivity index is 1.09. The van der Waals surface area contributed by atoms with Gasteiger partial charge in [-0.2, -0.15) is 0 Å². The Morgan fingerprint density at radius 1 is 0.794 bits per heavy atom. The Bertz CT molecular complexity index is 1230. The molecule has 3 aromatic carbocycles. The van der Waals surface area contributed by atoms with Crippen molar-refractivity contribution in [3.63, 3.8) is 0 Å². The van der Waals surface area contributed by atoms with E-state index in [1.165, 1.54) is 17.7 Å². The number of hydrogen-bond donors (Lipinski definition) is 1. The van der Waals surface area contributed by atoms with Crippen LogP contribution in [0.4, 0.5) is 11.4 Å². The van der Waals surface area contributed by atoms with Crippen LogP contribution in [-0.2, 0) is 11.3 Å². The summed E-state index contributed by atoms with van der Waals surface area (Å²) >= 11 is 0. The van der Waals surface area contributed by atoms with Gasteiger partial charge >= 0.3 is 0 Å². The summed E-state index contributed by atoms with van der Waals surface area (Å²) in [7, 11) is 0. The van der Waals surface area contributed by atoms with E-state index in [-0.39, 0.29) is 12.5 Å². The third-order valence-corrected chi connectivity index (χ3v) is 6.04. The summed E-state index contributed by atoms with van der Waals surface area (Å²) in [6.45, 7) is 4.34. The van der Waals surface area contributed by atoms with Crippen molar-refractivity contribution < 1.29 is 9.53 Å². The first-order chi connectivity index (χ1) is 16.8. The molecule has 1 aliphatic rings. The van der Waals surface area contributed by atoms with Crippen molar-refractivity contribution in [3.05, 3.63) is 90.8 Å². The number of ether oxygens (including phenoxy) is 1. The SMILES string of the molecule is O=C(COc1ncnc2ccccc12)NCc1ccc(N2CCN(c3ccccc3)CC2)cc1. The summed E-state index contributed by atoms with van der Waals surface area (Å²) in [6, 6.07) is 26.5. The van der Waals surface area contributed by atoms with Crippen molar-refractivity contribution >= 4 is 28.2 Å². The molecule has 0 radical (unpaired) electrons. The molecule has 0 saturated carbocycles. The maximum atomic E-state index is 12.3. The third-order valence-electron chi connectivity index (χ3n) is 6.04. The summed E-state index contributed by atoms with van der Waals surface area (Å²) in [5, 5.41) is 3.70. The molecule has 1 amide bonds. The molecule has 7 nitrogen and oxygen atoms in total. The number of rotatable bonds is 7. The second-order valence-electron chi connectivity index (χ2n) is 8.24. The van der Waals surface area contributed by atoms with Gasteiger partial charge in [-0.1, -0.05) is 42.5 Å². The maximum absolute atomic E-state index is 12.3. The Morgan fingerprint density at radius 2 is 1.44 bits per heavy atom. The minimum absolute atomic E-state index is 0.0925. The van der Waals surface area contributed by atoms with E-state index in [9.17, 15) is 4.79 Å². The smallest absolute Gasteiger partial charge is 0.258 e. The number of piperazine rings is 1. The molecule has 0 atom stereocenters. The molecule has 0 bridgehead atoms. The van der Waals surface area contributed by atoms with E-state index in [0.717, 1.165) is 42.6 Å². The summed E-state index contributed by atoms with van der Waals surface area (Å²) in [6.07, 6.45) is 1.44. The Hall–Kier alpha value is -4.13. The first-order valence-electron chi connectivity index (χ1n) is 11.5. The molecule has 0 aliphatic carbocycles. The number of carbonyl (C=O) groups is 1. The number of aromatic nitrogens is 2. The zero-order valence-electron chi connectivity index (χ0n) is 18.9. The molecule has 1 aliphatic heterocycles. The van der Waals surface area contributed by atoms with Gasteiger partial charge in [0.2, 0.25) is 5.88 Å². The summed E-state index contributed by atoms with van der Waals surface area (Å²) < 4.78 is 5.63. The molecular weight excluding hydrogens is 426 g/mol. The Labute approximate surface area is 199 Å². The van der Waals surface area contributed by atoms with Crippen molar-refractivity contribution in [2.45, 2.75) is 6.54 Å². The van der Waals surface area contributed by atoms with E-state index in [4.69, 9.17) is 4.74 Å². The number of nitrogens with one attached hydrogen (secondary N) is 1. The van der Waals surface area contributed by atoms with Gasteiger partial charge in [0.25, 0.3) is 5.91 Å². The van der Waals surface area contributed by atoms with Crippen LogP contribution < -0.4 is 19.9 Å². The van der Waals surface area contributed by atoms with Crippen molar-refractivity contribution in [1.29, 1.82) is 0 Å². The number of benzene rings is 3.